The van der Waals surface area contributed by atoms with E-state index in [-0.39, 0.29) is 34.9 Å². The number of alkyl halides is 3. The Bertz CT molecular complexity index is 1200. The highest BCUT2D eigenvalue weighted by molar-refractivity contribution is 5.85. The number of rotatable bonds is 2. The Morgan fingerprint density at radius 3 is 2.82 bits per heavy atom. The van der Waals surface area contributed by atoms with Crippen molar-refractivity contribution in [3.8, 4) is 5.75 Å². The molecule has 0 radical (unpaired) electrons. The molecule has 4 aliphatic rings. The number of hydrogen-bond acceptors (Lipinski definition) is 5. The second-order valence-electron chi connectivity index (χ2n) is 10.4. The van der Waals surface area contributed by atoms with Crippen LogP contribution in [0.2, 0.25) is 0 Å². The molecular formula is C26H29F3N2O3. The summed E-state index contributed by atoms with van der Waals surface area (Å²) in [5.41, 5.74) is -0.548. The smallest absolute Gasteiger partial charge is 0.417 e. The quantitative estimate of drug-likeness (QED) is 0.495. The van der Waals surface area contributed by atoms with Crippen molar-refractivity contribution in [1.29, 1.82) is 0 Å². The van der Waals surface area contributed by atoms with E-state index in [1.807, 2.05) is 0 Å². The predicted octanol–water partition coefficient (Wildman–Crippen LogP) is 4.91. The van der Waals surface area contributed by atoms with Crippen LogP contribution >= 0.6 is 0 Å². The lowest BCUT2D eigenvalue weighted by atomic mass is 9.68. The first-order valence-electron chi connectivity index (χ1n) is 12.3. The number of nitrogens with zero attached hydrogens (tertiary/aromatic N) is 2. The largest absolute Gasteiger partial charge is 0.507 e. The molecule has 182 valence electrons. The lowest BCUT2D eigenvalue weighted by Gasteiger charge is -2.54. The van der Waals surface area contributed by atoms with Crippen LogP contribution in [0.15, 0.2) is 39.1 Å². The van der Waals surface area contributed by atoms with Gasteiger partial charge in [0.1, 0.15) is 11.3 Å². The second kappa shape index (κ2) is 8.12. The Morgan fingerprint density at radius 1 is 1.15 bits per heavy atom. The minimum absolute atomic E-state index is 0.139. The number of piperidine rings is 3. The molecule has 1 aliphatic carbocycles. The van der Waals surface area contributed by atoms with Crippen LogP contribution in [0, 0.1) is 11.8 Å². The van der Waals surface area contributed by atoms with E-state index in [1.165, 1.54) is 37.0 Å². The van der Waals surface area contributed by atoms with Gasteiger partial charge in [-0.05, 0) is 69.2 Å². The molecule has 8 heteroatoms. The molecule has 2 bridgehead atoms. The number of hydrogen-bond donors (Lipinski definition) is 1. The third-order valence-corrected chi connectivity index (χ3v) is 8.42. The number of phenols is 1. The van der Waals surface area contributed by atoms with Crippen molar-refractivity contribution in [2.75, 3.05) is 19.6 Å². The molecular weight excluding hydrogens is 445 g/mol. The maximum absolute atomic E-state index is 13.6. The summed E-state index contributed by atoms with van der Waals surface area (Å²) in [6.45, 7) is 3.24. The standard InChI is InChI=1S/C26H29F3N2O3/c27-26(28,29)20-12-23(33)34-25-18(20)6-7-22(32)19(25)14-31-9-3-4-15-10-16-11-17(24(15)31)13-30-8-2-1-5-21(16)30/h6-7,10,12,16-17,21,24,32H,1-5,8-9,11,13-14H2. The number of phenolic OH excluding ortho intramolecular Hbond substituents is 1. The summed E-state index contributed by atoms with van der Waals surface area (Å²) >= 11 is 0. The van der Waals surface area contributed by atoms with Gasteiger partial charge in [0.05, 0.1) is 11.1 Å². The van der Waals surface area contributed by atoms with E-state index in [1.54, 1.807) is 0 Å². The molecule has 1 aromatic heterocycles. The van der Waals surface area contributed by atoms with Gasteiger partial charge in [-0.3, -0.25) is 9.80 Å². The monoisotopic (exact) mass is 474 g/mol. The maximum atomic E-state index is 13.6. The first kappa shape index (κ1) is 22.2. The van der Waals surface area contributed by atoms with E-state index in [9.17, 15) is 23.1 Å². The highest BCUT2D eigenvalue weighted by Crippen LogP contribution is 2.46. The highest BCUT2D eigenvalue weighted by atomic mass is 19.4. The Kier molecular flexibility index (Phi) is 5.30. The molecule has 1 N–H and O–H groups in total. The number of halogens is 3. The van der Waals surface area contributed by atoms with Crippen molar-refractivity contribution in [2.45, 2.75) is 63.3 Å². The topological polar surface area (TPSA) is 56.9 Å². The molecule has 6 rings (SSSR count). The van der Waals surface area contributed by atoms with Crippen molar-refractivity contribution < 1.29 is 22.7 Å². The van der Waals surface area contributed by atoms with E-state index in [2.05, 4.69) is 15.9 Å². The summed E-state index contributed by atoms with van der Waals surface area (Å²) in [5, 5.41) is 10.5. The third-order valence-electron chi connectivity index (χ3n) is 8.42. The van der Waals surface area contributed by atoms with Gasteiger partial charge in [-0.15, -0.1) is 0 Å². The summed E-state index contributed by atoms with van der Waals surface area (Å²) in [5.74, 6) is 0.914. The van der Waals surface area contributed by atoms with Crippen molar-refractivity contribution in [2.24, 2.45) is 11.8 Å². The summed E-state index contributed by atoms with van der Waals surface area (Å²) in [6.07, 6.45) is 4.77. The number of fused-ring (bicyclic) bond motifs is 7. The first-order valence-corrected chi connectivity index (χ1v) is 12.3. The number of likely N-dealkylation sites (tertiary alicyclic amines) is 1. The van der Waals surface area contributed by atoms with E-state index >= 15 is 0 Å². The van der Waals surface area contributed by atoms with Crippen LogP contribution in [0.1, 0.15) is 49.7 Å². The van der Waals surface area contributed by atoms with Gasteiger partial charge in [0.25, 0.3) is 0 Å². The molecule has 4 heterocycles. The zero-order chi connectivity index (χ0) is 23.6. The van der Waals surface area contributed by atoms with Gasteiger partial charge in [0.2, 0.25) is 0 Å². The molecule has 0 amide bonds. The van der Waals surface area contributed by atoms with E-state index < -0.39 is 17.4 Å². The molecule has 1 aromatic carbocycles. The molecule has 4 unspecified atom stereocenters. The molecule has 34 heavy (non-hydrogen) atoms. The van der Waals surface area contributed by atoms with E-state index in [0.717, 1.165) is 38.9 Å². The molecule has 3 aliphatic heterocycles. The fourth-order valence-corrected chi connectivity index (χ4v) is 7.12. The number of benzene rings is 1. The van der Waals surface area contributed by atoms with Crippen LogP contribution in [0.4, 0.5) is 13.2 Å². The number of aromatic hydroxyl groups is 1. The van der Waals surface area contributed by atoms with Gasteiger partial charge in [-0.2, -0.15) is 13.2 Å². The van der Waals surface area contributed by atoms with Crippen LogP contribution in [0.5, 0.6) is 5.75 Å². The van der Waals surface area contributed by atoms with Crippen LogP contribution < -0.4 is 5.63 Å². The minimum atomic E-state index is -4.69. The molecule has 5 nitrogen and oxygen atoms in total. The van der Waals surface area contributed by atoms with Crippen molar-refractivity contribution in [3.05, 3.63) is 51.4 Å². The fraction of sp³-hybridized carbons (Fsp3) is 0.577. The van der Waals surface area contributed by atoms with E-state index in [4.69, 9.17) is 4.42 Å². The van der Waals surface area contributed by atoms with Gasteiger partial charge in [-0.25, -0.2) is 4.79 Å². The molecule has 0 spiro atoms. The molecule has 3 fully saturated rings. The van der Waals surface area contributed by atoms with Crippen molar-refractivity contribution in [1.82, 2.24) is 9.80 Å². The lowest BCUT2D eigenvalue weighted by molar-refractivity contribution is -0.136. The van der Waals surface area contributed by atoms with Gasteiger partial charge in [0, 0.05) is 36.6 Å². The van der Waals surface area contributed by atoms with Crippen LogP contribution in [-0.2, 0) is 12.7 Å². The van der Waals surface area contributed by atoms with Crippen LogP contribution in [0.3, 0.4) is 0 Å². The molecule has 3 saturated heterocycles. The Hall–Kier alpha value is -2.32. The SMILES string of the molecule is O=c1cc(C(F)(F)F)c2ccc(O)c(CN3CCCC4=CC5CC(CN6CCCCC56)C43)c2o1. The third kappa shape index (κ3) is 3.66. The zero-order valence-electron chi connectivity index (χ0n) is 19.0. The fourth-order valence-electron chi connectivity index (χ4n) is 7.12. The second-order valence-corrected chi connectivity index (χ2v) is 10.4. The summed E-state index contributed by atoms with van der Waals surface area (Å²) in [4.78, 5) is 17.0. The highest BCUT2D eigenvalue weighted by Gasteiger charge is 2.46. The van der Waals surface area contributed by atoms with Gasteiger partial charge in [-0.1, -0.05) is 18.1 Å². The van der Waals surface area contributed by atoms with Crippen molar-refractivity contribution >= 4 is 11.0 Å². The Balaban J connectivity index is 1.38. The summed E-state index contributed by atoms with van der Waals surface area (Å²) in [7, 11) is 0. The minimum Gasteiger partial charge on any atom is -0.507 e. The summed E-state index contributed by atoms with van der Waals surface area (Å²) in [6, 6.07) is 3.81. The average Bonchev–Trinajstić information content (AvgIpc) is 2.80. The van der Waals surface area contributed by atoms with Gasteiger partial charge in [0.15, 0.2) is 0 Å². The molecule has 4 atom stereocenters. The maximum Gasteiger partial charge on any atom is 0.417 e. The first-order chi connectivity index (χ1) is 16.3. The van der Waals surface area contributed by atoms with Crippen molar-refractivity contribution in [3.63, 3.8) is 0 Å². The summed E-state index contributed by atoms with van der Waals surface area (Å²) < 4.78 is 46.1. The van der Waals surface area contributed by atoms with Gasteiger partial charge < -0.3 is 9.52 Å². The Morgan fingerprint density at radius 2 is 2.00 bits per heavy atom. The molecule has 0 saturated carbocycles. The predicted molar refractivity (Wildman–Crippen MR) is 121 cm³/mol. The Labute approximate surface area is 195 Å². The lowest BCUT2D eigenvalue weighted by Crippen LogP contribution is -2.59. The van der Waals surface area contributed by atoms with Crippen LogP contribution in [0.25, 0.3) is 11.0 Å². The normalized spacial score (nSPS) is 30.0. The van der Waals surface area contributed by atoms with Gasteiger partial charge >= 0.3 is 11.8 Å². The van der Waals surface area contributed by atoms with Crippen LogP contribution in [-0.4, -0.2) is 46.6 Å². The zero-order valence-corrected chi connectivity index (χ0v) is 19.0. The molecule has 2 aromatic rings. The average molecular weight is 475 g/mol. The van der Waals surface area contributed by atoms with E-state index in [0.29, 0.717) is 23.9 Å².